The van der Waals surface area contributed by atoms with Crippen molar-refractivity contribution in [3.8, 4) is 11.5 Å². The summed E-state index contributed by atoms with van der Waals surface area (Å²) in [5.41, 5.74) is 2.73. The summed E-state index contributed by atoms with van der Waals surface area (Å²) in [6, 6.07) is 17.0. The van der Waals surface area contributed by atoms with E-state index in [1.807, 2.05) is 12.1 Å². The molecule has 7 rings (SSSR count). The molecule has 3 saturated carbocycles. The third-order valence-corrected chi connectivity index (χ3v) is 9.20. The zero-order chi connectivity index (χ0) is 22.1. The fraction of sp³-hybridized carbons (Fsp3) is 0.556. The fourth-order valence-corrected chi connectivity index (χ4v) is 7.26. The lowest BCUT2D eigenvalue weighted by atomic mass is 9.43. The van der Waals surface area contributed by atoms with E-state index in [-0.39, 0.29) is 11.1 Å². The van der Waals surface area contributed by atoms with E-state index in [1.54, 1.807) is 14.2 Å². The molecule has 2 aromatic rings. The van der Waals surface area contributed by atoms with Gasteiger partial charge >= 0.3 is 0 Å². The molecule has 32 heavy (non-hydrogen) atoms. The van der Waals surface area contributed by atoms with Crippen molar-refractivity contribution < 1.29 is 14.3 Å². The Balaban J connectivity index is 1.37. The van der Waals surface area contributed by atoms with Gasteiger partial charge in [0, 0.05) is 18.7 Å². The van der Waals surface area contributed by atoms with Crippen molar-refractivity contribution in [3.63, 3.8) is 0 Å². The van der Waals surface area contributed by atoms with E-state index in [0.717, 1.165) is 37.1 Å². The van der Waals surface area contributed by atoms with Crippen LogP contribution in [0.25, 0.3) is 0 Å². The topological polar surface area (TPSA) is 34.2 Å². The number of nitrogens with zero attached hydrogens (tertiary/aromatic N) is 2. The van der Waals surface area contributed by atoms with Crippen LogP contribution in [0.4, 0.5) is 5.69 Å². The normalized spacial score (nSPS) is 34.9. The summed E-state index contributed by atoms with van der Waals surface area (Å²) in [7, 11) is 3.44. The van der Waals surface area contributed by atoms with Gasteiger partial charge in [0.15, 0.2) is 0 Å². The SMILES string of the molecule is COc1ccc(N2CN3O[C@@]4(CC[C@@H]5C[C@@H]4C5(C)C)C[C@]3(c3ccc(OC)cc3)C2)cc1. The molecule has 0 aromatic heterocycles. The number of benzene rings is 2. The second-order valence-electron chi connectivity index (χ2n) is 10.9. The summed E-state index contributed by atoms with van der Waals surface area (Å²) in [5.74, 6) is 3.29. The van der Waals surface area contributed by atoms with Gasteiger partial charge in [-0.25, -0.2) is 0 Å². The highest BCUT2D eigenvalue weighted by Crippen LogP contribution is 2.68. The Labute approximate surface area is 191 Å². The van der Waals surface area contributed by atoms with E-state index in [2.05, 4.69) is 60.2 Å². The van der Waals surface area contributed by atoms with E-state index in [0.29, 0.717) is 11.3 Å². The average Bonchev–Trinajstić information content (AvgIpc) is 3.31. The molecule has 170 valence electrons. The predicted molar refractivity (Wildman–Crippen MR) is 125 cm³/mol. The lowest BCUT2D eigenvalue weighted by Crippen LogP contribution is -2.62. The molecule has 5 aliphatic rings. The van der Waals surface area contributed by atoms with Crippen molar-refractivity contribution in [2.45, 2.75) is 50.7 Å². The van der Waals surface area contributed by atoms with Crippen LogP contribution in [0.3, 0.4) is 0 Å². The monoisotopic (exact) mass is 434 g/mol. The predicted octanol–water partition coefficient (Wildman–Crippen LogP) is 5.21. The molecule has 5 heteroatoms. The summed E-state index contributed by atoms with van der Waals surface area (Å²) in [6.45, 7) is 6.62. The van der Waals surface area contributed by atoms with Gasteiger partial charge in [0.05, 0.1) is 32.0 Å². The molecular weight excluding hydrogens is 400 g/mol. The second-order valence-corrected chi connectivity index (χ2v) is 10.9. The molecule has 1 spiro atoms. The lowest BCUT2D eigenvalue weighted by Gasteiger charge is -2.63. The van der Waals surface area contributed by atoms with Gasteiger partial charge in [-0.05, 0) is 78.5 Å². The van der Waals surface area contributed by atoms with Crippen LogP contribution in [0.2, 0.25) is 0 Å². The van der Waals surface area contributed by atoms with Gasteiger partial charge in [-0.15, -0.1) is 0 Å². The molecule has 2 aliphatic heterocycles. The molecule has 2 bridgehead atoms. The minimum absolute atomic E-state index is 0.0375. The van der Waals surface area contributed by atoms with Crippen molar-refractivity contribution in [1.82, 2.24) is 5.06 Å². The number of hydrogen-bond donors (Lipinski definition) is 0. The van der Waals surface area contributed by atoms with Crippen molar-refractivity contribution in [2.75, 3.05) is 32.3 Å². The first-order valence-corrected chi connectivity index (χ1v) is 11.9. The molecular formula is C27H34N2O3. The summed E-state index contributed by atoms with van der Waals surface area (Å²) in [4.78, 5) is 9.48. The highest BCUT2D eigenvalue weighted by atomic mass is 16.7. The van der Waals surface area contributed by atoms with Gasteiger partial charge in [-0.2, -0.15) is 5.06 Å². The number of rotatable bonds is 4. The van der Waals surface area contributed by atoms with Crippen LogP contribution in [-0.4, -0.2) is 38.1 Å². The third-order valence-electron chi connectivity index (χ3n) is 9.20. The molecule has 0 radical (unpaired) electrons. The summed E-state index contributed by atoms with van der Waals surface area (Å²) in [5, 5.41) is 2.31. The quantitative estimate of drug-likeness (QED) is 0.660. The molecule has 2 aromatic carbocycles. The zero-order valence-electron chi connectivity index (χ0n) is 19.6. The van der Waals surface area contributed by atoms with Crippen LogP contribution >= 0.6 is 0 Å². The van der Waals surface area contributed by atoms with Crippen LogP contribution in [-0.2, 0) is 10.4 Å². The fourth-order valence-electron chi connectivity index (χ4n) is 7.26. The minimum atomic E-state index is -0.148. The Morgan fingerprint density at radius 2 is 1.59 bits per heavy atom. The van der Waals surface area contributed by atoms with Gasteiger partial charge in [0.2, 0.25) is 0 Å². The summed E-state index contributed by atoms with van der Waals surface area (Å²) >= 11 is 0. The minimum Gasteiger partial charge on any atom is -0.497 e. The highest BCUT2D eigenvalue weighted by Gasteiger charge is 2.69. The first kappa shape index (κ1) is 20.4. The first-order valence-electron chi connectivity index (χ1n) is 11.9. The molecule has 2 saturated heterocycles. The van der Waals surface area contributed by atoms with E-state index in [4.69, 9.17) is 14.3 Å². The second kappa shape index (κ2) is 6.88. The van der Waals surface area contributed by atoms with Gasteiger partial charge in [-0.1, -0.05) is 26.0 Å². The average molecular weight is 435 g/mol. The van der Waals surface area contributed by atoms with E-state index < -0.39 is 0 Å². The smallest absolute Gasteiger partial charge is 0.119 e. The maximum atomic E-state index is 7.05. The maximum absolute atomic E-state index is 7.05. The number of hydroxylamine groups is 2. The Hall–Kier alpha value is -2.24. The molecule has 0 N–H and O–H groups in total. The molecule has 2 heterocycles. The zero-order valence-corrected chi connectivity index (χ0v) is 19.6. The number of ether oxygens (including phenoxy) is 2. The molecule has 5 nitrogen and oxygen atoms in total. The molecule has 0 amide bonds. The van der Waals surface area contributed by atoms with Crippen LogP contribution in [0.5, 0.6) is 11.5 Å². The Bertz CT molecular complexity index is 1000. The van der Waals surface area contributed by atoms with Crippen molar-refractivity contribution >= 4 is 5.69 Å². The van der Waals surface area contributed by atoms with Gasteiger partial charge in [0.1, 0.15) is 11.5 Å². The van der Waals surface area contributed by atoms with Crippen LogP contribution in [0, 0.1) is 17.3 Å². The standard InChI is InChI=1S/C27H34N2O3/c1-25(2)20-13-14-27(24(25)15-20)16-26(19-5-9-22(30-3)10-6-19)17-28(18-29(26)32-27)21-7-11-23(31-4)12-8-21/h5-12,20,24H,13-18H2,1-4H3/t20-,24-,26-,27+/m1/s1. The number of anilines is 1. The maximum Gasteiger partial charge on any atom is 0.119 e. The van der Waals surface area contributed by atoms with E-state index >= 15 is 0 Å². The van der Waals surface area contributed by atoms with E-state index in [1.165, 1.54) is 30.5 Å². The number of hydrogen-bond acceptors (Lipinski definition) is 5. The van der Waals surface area contributed by atoms with E-state index in [9.17, 15) is 0 Å². The Kier molecular flexibility index (Phi) is 4.38. The summed E-state index contributed by atoms with van der Waals surface area (Å²) in [6.07, 6.45) is 4.85. The molecule has 3 aliphatic carbocycles. The highest BCUT2D eigenvalue weighted by molar-refractivity contribution is 5.52. The van der Waals surface area contributed by atoms with Crippen molar-refractivity contribution in [1.29, 1.82) is 0 Å². The van der Waals surface area contributed by atoms with Gasteiger partial charge in [-0.3, -0.25) is 4.84 Å². The third kappa shape index (κ3) is 2.70. The summed E-state index contributed by atoms with van der Waals surface area (Å²) < 4.78 is 10.8. The number of fused-ring (bicyclic) bond motifs is 2. The van der Waals surface area contributed by atoms with Crippen molar-refractivity contribution in [3.05, 3.63) is 54.1 Å². The van der Waals surface area contributed by atoms with Gasteiger partial charge < -0.3 is 14.4 Å². The molecule has 0 unspecified atom stereocenters. The lowest BCUT2D eigenvalue weighted by molar-refractivity contribution is -0.285. The Morgan fingerprint density at radius 3 is 2.19 bits per heavy atom. The molecule has 5 fully saturated rings. The number of methoxy groups -OCH3 is 2. The first-order chi connectivity index (χ1) is 15.4. The van der Waals surface area contributed by atoms with Crippen LogP contribution in [0.1, 0.15) is 45.1 Å². The molecule has 4 atom stereocenters. The van der Waals surface area contributed by atoms with Gasteiger partial charge in [0.25, 0.3) is 0 Å². The van der Waals surface area contributed by atoms with Crippen molar-refractivity contribution in [2.24, 2.45) is 17.3 Å². The largest absolute Gasteiger partial charge is 0.497 e. The Morgan fingerprint density at radius 1 is 0.938 bits per heavy atom. The van der Waals surface area contributed by atoms with Crippen LogP contribution in [0.15, 0.2) is 48.5 Å². The van der Waals surface area contributed by atoms with Crippen LogP contribution < -0.4 is 14.4 Å².